The van der Waals surface area contributed by atoms with Crippen molar-refractivity contribution in [1.82, 2.24) is 10.3 Å². The molecule has 0 bridgehead atoms. The van der Waals surface area contributed by atoms with Crippen LogP contribution < -0.4 is 15.4 Å². The zero-order valence-electron chi connectivity index (χ0n) is 11.3. The van der Waals surface area contributed by atoms with E-state index in [0.29, 0.717) is 0 Å². The molecule has 0 amide bonds. The summed E-state index contributed by atoms with van der Waals surface area (Å²) in [5.41, 5.74) is 0. The molecule has 2 rings (SSSR count). The first kappa shape index (κ1) is 13.1. The molecule has 1 heterocycles. The van der Waals surface area contributed by atoms with Gasteiger partial charge in [0, 0.05) is 18.8 Å². The van der Waals surface area contributed by atoms with Crippen molar-refractivity contribution >= 4 is 5.82 Å². The molecule has 1 aromatic rings. The molecule has 0 radical (unpaired) electrons. The van der Waals surface area contributed by atoms with Gasteiger partial charge < -0.3 is 15.4 Å². The van der Waals surface area contributed by atoms with Crippen LogP contribution in [0.5, 0.6) is 5.75 Å². The van der Waals surface area contributed by atoms with E-state index >= 15 is 0 Å². The Morgan fingerprint density at radius 1 is 1.39 bits per heavy atom. The third-order valence-corrected chi connectivity index (χ3v) is 2.79. The van der Waals surface area contributed by atoms with Crippen molar-refractivity contribution in [2.75, 3.05) is 18.4 Å². The Morgan fingerprint density at radius 3 is 2.94 bits per heavy atom. The topological polar surface area (TPSA) is 46.2 Å². The molecule has 1 saturated carbocycles. The monoisotopic (exact) mass is 249 g/mol. The van der Waals surface area contributed by atoms with Crippen LogP contribution in [0.25, 0.3) is 0 Å². The minimum atomic E-state index is 0.172. The first-order valence-corrected chi connectivity index (χ1v) is 6.84. The summed E-state index contributed by atoms with van der Waals surface area (Å²) < 4.78 is 5.71. The minimum absolute atomic E-state index is 0.172. The zero-order valence-corrected chi connectivity index (χ0v) is 11.3. The lowest BCUT2D eigenvalue weighted by atomic mass is 10.3. The SMILES string of the molecule is CC(C)Oc1cccnc1NCCCNC1CC1. The summed E-state index contributed by atoms with van der Waals surface area (Å²) in [4.78, 5) is 4.32. The highest BCUT2D eigenvalue weighted by molar-refractivity contribution is 5.49. The van der Waals surface area contributed by atoms with Gasteiger partial charge in [-0.25, -0.2) is 4.98 Å². The van der Waals surface area contributed by atoms with E-state index in [1.54, 1.807) is 6.20 Å². The molecule has 0 aliphatic heterocycles. The van der Waals surface area contributed by atoms with Crippen LogP contribution in [-0.4, -0.2) is 30.2 Å². The molecule has 18 heavy (non-hydrogen) atoms. The molecule has 1 aliphatic carbocycles. The van der Waals surface area contributed by atoms with Gasteiger partial charge in [0.25, 0.3) is 0 Å². The summed E-state index contributed by atoms with van der Waals surface area (Å²) >= 11 is 0. The molecule has 0 atom stereocenters. The summed E-state index contributed by atoms with van der Waals surface area (Å²) in [6.45, 7) is 6.04. The lowest BCUT2D eigenvalue weighted by molar-refractivity contribution is 0.243. The number of rotatable bonds is 8. The van der Waals surface area contributed by atoms with Crippen molar-refractivity contribution < 1.29 is 4.74 Å². The number of anilines is 1. The van der Waals surface area contributed by atoms with Gasteiger partial charge in [0.1, 0.15) is 0 Å². The Morgan fingerprint density at radius 2 is 2.22 bits per heavy atom. The molecule has 1 aliphatic rings. The number of hydrogen-bond donors (Lipinski definition) is 2. The Balaban J connectivity index is 1.72. The van der Waals surface area contributed by atoms with Crippen molar-refractivity contribution in [1.29, 1.82) is 0 Å². The molecule has 0 aromatic carbocycles. The summed E-state index contributed by atoms with van der Waals surface area (Å²) in [7, 11) is 0. The second-order valence-electron chi connectivity index (χ2n) is 5.03. The van der Waals surface area contributed by atoms with Crippen molar-refractivity contribution in [2.45, 2.75) is 45.3 Å². The highest BCUT2D eigenvalue weighted by atomic mass is 16.5. The summed E-state index contributed by atoms with van der Waals surface area (Å²) in [6, 6.07) is 4.65. The maximum absolute atomic E-state index is 5.71. The minimum Gasteiger partial charge on any atom is -0.487 e. The van der Waals surface area contributed by atoms with E-state index in [2.05, 4.69) is 15.6 Å². The molecule has 1 aromatic heterocycles. The predicted octanol–water partition coefficient (Wildman–Crippen LogP) is 2.42. The summed E-state index contributed by atoms with van der Waals surface area (Å²) in [6.07, 6.45) is 5.76. The molecule has 1 fully saturated rings. The molecular formula is C14H23N3O. The number of hydrogen-bond acceptors (Lipinski definition) is 4. The Labute approximate surface area is 109 Å². The van der Waals surface area contributed by atoms with E-state index in [-0.39, 0.29) is 6.10 Å². The fourth-order valence-corrected chi connectivity index (χ4v) is 1.76. The normalized spacial score (nSPS) is 14.8. The van der Waals surface area contributed by atoms with Gasteiger partial charge >= 0.3 is 0 Å². The highest BCUT2D eigenvalue weighted by Crippen LogP contribution is 2.22. The average molecular weight is 249 g/mol. The third kappa shape index (κ3) is 4.53. The first-order valence-electron chi connectivity index (χ1n) is 6.84. The number of pyridine rings is 1. The van der Waals surface area contributed by atoms with E-state index in [1.165, 1.54) is 12.8 Å². The number of nitrogens with zero attached hydrogens (tertiary/aromatic N) is 1. The van der Waals surface area contributed by atoms with E-state index in [9.17, 15) is 0 Å². The van der Waals surface area contributed by atoms with Crippen LogP contribution in [0.2, 0.25) is 0 Å². The van der Waals surface area contributed by atoms with Crippen LogP contribution in [-0.2, 0) is 0 Å². The Kier molecular flexibility index (Phi) is 4.81. The zero-order chi connectivity index (χ0) is 12.8. The smallest absolute Gasteiger partial charge is 0.168 e. The molecule has 100 valence electrons. The van der Waals surface area contributed by atoms with Gasteiger partial charge in [0.15, 0.2) is 11.6 Å². The van der Waals surface area contributed by atoms with Gasteiger partial charge in [-0.05, 0) is 51.8 Å². The van der Waals surface area contributed by atoms with Gasteiger partial charge in [0.2, 0.25) is 0 Å². The van der Waals surface area contributed by atoms with E-state index in [0.717, 1.165) is 37.1 Å². The van der Waals surface area contributed by atoms with Gasteiger partial charge in [0.05, 0.1) is 6.10 Å². The quantitative estimate of drug-likeness (QED) is 0.695. The lowest BCUT2D eigenvalue weighted by Crippen LogP contribution is -2.20. The van der Waals surface area contributed by atoms with Crippen molar-refractivity contribution in [3.63, 3.8) is 0 Å². The average Bonchev–Trinajstić information content (AvgIpc) is 3.14. The Hall–Kier alpha value is -1.29. The fourth-order valence-electron chi connectivity index (χ4n) is 1.76. The molecule has 4 nitrogen and oxygen atoms in total. The van der Waals surface area contributed by atoms with Gasteiger partial charge in [-0.15, -0.1) is 0 Å². The van der Waals surface area contributed by atoms with Crippen molar-refractivity contribution in [3.05, 3.63) is 18.3 Å². The number of aromatic nitrogens is 1. The van der Waals surface area contributed by atoms with E-state index in [1.807, 2.05) is 26.0 Å². The molecule has 0 saturated heterocycles. The van der Waals surface area contributed by atoms with E-state index < -0.39 is 0 Å². The third-order valence-electron chi connectivity index (χ3n) is 2.79. The van der Waals surface area contributed by atoms with Crippen LogP contribution in [0.4, 0.5) is 5.82 Å². The fraction of sp³-hybridized carbons (Fsp3) is 0.643. The first-order chi connectivity index (χ1) is 8.75. The van der Waals surface area contributed by atoms with Gasteiger partial charge in [-0.2, -0.15) is 0 Å². The van der Waals surface area contributed by atoms with Crippen LogP contribution in [0.1, 0.15) is 33.1 Å². The predicted molar refractivity (Wildman–Crippen MR) is 74.1 cm³/mol. The summed E-state index contributed by atoms with van der Waals surface area (Å²) in [5.74, 6) is 1.68. The number of nitrogens with one attached hydrogen (secondary N) is 2. The second kappa shape index (κ2) is 6.59. The molecular weight excluding hydrogens is 226 g/mol. The van der Waals surface area contributed by atoms with Gasteiger partial charge in [-0.3, -0.25) is 0 Å². The van der Waals surface area contributed by atoms with Crippen LogP contribution >= 0.6 is 0 Å². The Bertz CT molecular complexity index is 364. The van der Waals surface area contributed by atoms with Crippen LogP contribution in [0, 0.1) is 0 Å². The lowest BCUT2D eigenvalue weighted by Gasteiger charge is -2.14. The van der Waals surface area contributed by atoms with E-state index in [4.69, 9.17) is 4.74 Å². The van der Waals surface area contributed by atoms with Gasteiger partial charge in [-0.1, -0.05) is 0 Å². The van der Waals surface area contributed by atoms with Crippen molar-refractivity contribution in [2.24, 2.45) is 0 Å². The second-order valence-corrected chi connectivity index (χ2v) is 5.03. The number of ether oxygens (including phenoxy) is 1. The maximum Gasteiger partial charge on any atom is 0.168 e. The standard InChI is InChI=1S/C14H23N3O/c1-11(2)18-13-5-3-8-16-14(13)17-10-4-9-15-12-6-7-12/h3,5,8,11-12,15H,4,6-7,9-10H2,1-2H3,(H,16,17). The molecule has 2 N–H and O–H groups in total. The largest absolute Gasteiger partial charge is 0.487 e. The molecule has 0 spiro atoms. The maximum atomic E-state index is 5.71. The summed E-state index contributed by atoms with van der Waals surface area (Å²) in [5, 5.41) is 6.83. The van der Waals surface area contributed by atoms with Crippen LogP contribution in [0.3, 0.4) is 0 Å². The van der Waals surface area contributed by atoms with Crippen molar-refractivity contribution in [3.8, 4) is 5.75 Å². The van der Waals surface area contributed by atoms with Crippen LogP contribution in [0.15, 0.2) is 18.3 Å². The molecule has 0 unspecified atom stereocenters. The highest BCUT2D eigenvalue weighted by Gasteiger charge is 2.19. The molecule has 4 heteroatoms.